The normalized spacial score (nSPS) is 16.2. The van der Waals surface area contributed by atoms with Gasteiger partial charge in [-0.25, -0.2) is 9.97 Å². The Morgan fingerprint density at radius 1 is 1.12 bits per heavy atom. The highest BCUT2D eigenvalue weighted by atomic mass is 35.5. The molecule has 3 aromatic heterocycles. The van der Waals surface area contributed by atoms with Crippen LogP contribution in [-0.2, 0) is 23.0 Å². The van der Waals surface area contributed by atoms with E-state index in [2.05, 4.69) is 22.3 Å². The Morgan fingerprint density at radius 3 is 2.44 bits per heavy atom. The minimum Gasteiger partial charge on any atom is -0.466 e. The number of rotatable bonds is 7. The number of fused-ring (bicyclic) bond motifs is 2. The molecule has 0 radical (unpaired) electrons. The number of hydrogen-bond acceptors (Lipinski definition) is 9. The number of halogens is 1. The molecule has 0 amide bonds. The number of hydrogen-bond donors (Lipinski definition) is 2. The van der Waals surface area contributed by atoms with Gasteiger partial charge in [-0.05, 0) is 102 Å². The van der Waals surface area contributed by atoms with Gasteiger partial charge in [0.05, 0.1) is 34.5 Å². The molecule has 7 rings (SSSR count). The number of aromatic nitrogens is 4. The third-order valence-corrected chi connectivity index (χ3v) is 10.3. The summed E-state index contributed by atoms with van der Waals surface area (Å²) in [6, 6.07) is 12.8. The maximum atomic E-state index is 12.6. The van der Waals surface area contributed by atoms with Crippen molar-refractivity contribution >= 4 is 50.2 Å². The first-order chi connectivity index (χ1) is 22.9. The quantitative estimate of drug-likeness (QED) is 0.178. The number of thiazole rings is 1. The molecule has 0 saturated carbocycles. The van der Waals surface area contributed by atoms with Crippen LogP contribution in [0.2, 0.25) is 5.02 Å². The van der Waals surface area contributed by atoms with Gasteiger partial charge in [0.2, 0.25) is 0 Å². The van der Waals surface area contributed by atoms with E-state index in [-0.39, 0.29) is 12.4 Å². The van der Waals surface area contributed by atoms with Crippen LogP contribution in [0, 0.1) is 6.92 Å². The SMILES string of the molecule is CC(C)(C)O.CCOC(=O)Cc1c(C)cc2nc(-c3cnc4c(c3)c(C3CCN(C5CNC5)CC3)nn4C)sc2c1-c1ccc(Cl)cc1. The van der Waals surface area contributed by atoms with Gasteiger partial charge in [0, 0.05) is 59.8 Å². The fourth-order valence-corrected chi connectivity index (χ4v) is 7.76. The number of aliphatic hydroxyl groups is 1. The summed E-state index contributed by atoms with van der Waals surface area (Å²) in [5.74, 6) is 0.184. The molecular weight excluding hydrogens is 644 g/mol. The van der Waals surface area contributed by atoms with E-state index >= 15 is 0 Å². The van der Waals surface area contributed by atoms with Gasteiger partial charge in [0.25, 0.3) is 0 Å². The van der Waals surface area contributed by atoms with Crippen molar-refractivity contribution in [2.45, 2.75) is 71.4 Å². The summed E-state index contributed by atoms with van der Waals surface area (Å²) < 4.78 is 8.28. The van der Waals surface area contributed by atoms with E-state index in [4.69, 9.17) is 36.5 Å². The summed E-state index contributed by atoms with van der Waals surface area (Å²) in [5, 5.41) is 19.6. The standard InChI is InChI=1S/C33H35ClN6O2S.C4H10O/c1-4-42-28(41)15-25-19(2)13-27-31(29(25)20-5-7-23(34)8-6-20)43-33(37-27)22-14-26-30(38-39(3)32(26)36-16-22)21-9-11-40(12-10-21)24-17-35-18-24;1-4(2,3)5/h5-8,13-14,16,21,24,35H,4,9-12,15,17-18H2,1-3H3;5H,1-3H3. The lowest BCUT2D eigenvalue weighted by atomic mass is 9.90. The highest BCUT2D eigenvalue weighted by molar-refractivity contribution is 7.22. The van der Waals surface area contributed by atoms with Gasteiger partial charge in [-0.1, -0.05) is 23.7 Å². The second-order valence-electron chi connectivity index (χ2n) is 13.8. The number of carbonyl (C=O) groups excluding carboxylic acids is 1. The molecular formula is C37H45ClN6O3S. The summed E-state index contributed by atoms with van der Waals surface area (Å²) in [6.45, 7) is 13.9. The largest absolute Gasteiger partial charge is 0.466 e. The monoisotopic (exact) mass is 688 g/mol. The fraction of sp³-hybridized carbons (Fsp3) is 0.459. The first-order valence-electron chi connectivity index (χ1n) is 16.7. The molecule has 254 valence electrons. The van der Waals surface area contributed by atoms with Crippen molar-refractivity contribution in [3.63, 3.8) is 0 Å². The molecule has 48 heavy (non-hydrogen) atoms. The summed E-state index contributed by atoms with van der Waals surface area (Å²) in [4.78, 5) is 25.2. The maximum Gasteiger partial charge on any atom is 0.310 e. The minimum absolute atomic E-state index is 0.198. The van der Waals surface area contributed by atoms with Gasteiger partial charge >= 0.3 is 5.97 Å². The number of nitrogens with zero attached hydrogens (tertiary/aromatic N) is 5. The van der Waals surface area contributed by atoms with Crippen molar-refractivity contribution in [2.75, 3.05) is 32.8 Å². The number of carbonyl (C=O) groups is 1. The van der Waals surface area contributed by atoms with Crippen molar-refractivity contribution in [2.24, 2.45) is 7.05 Å². The van der Waals surface area contributed by atoms with Crippen LogP contribution >= 0.6 is 22.9 Å². The third-order valence-electron chi connectivity index (χ3n) is 8.92. The molecule has 0 spiro atoms. The van der Waals surface area contributed by atoms with Gasteiger partial charge in [0.15, 0.2) is 5.65 Å². The number of esters is 1. The lowest BCUT2D eigenvalue weighted by Crippen LogP contribution is -2.58. The van der Waals surface area contributed by atoms with E-state index in [9.17, 15) is 4.79 Å². The first-order valence-corrected chi connectivity index (χ1v) is 17.9. The molecule has 5 aromatic rings. The Hall–Kier alpha value is -3.41. The highest BCUT2D eigenvalue weighted by Crippen LogP contribution is 2.42. The van der Waals surface area contributed by atoms with E-state index in [0.29, 0.717) is 23.6 Å². The summed E-state index contributed by atoms with van der Waals surface area (Å²) >= 11 is 7.88. The van der Waals surface area contributed by atoms with E-state index in [1.165, 1.54) is 0 Å². The smallest absolute Gasteiger partial charge is 0.310 e. The molecule has 2 aliphatic rings. The van der Waals surface area contributed by atoms with E-state index in [1.807, 2.05) is 56.0 Å². The van der Waals surface area contributed by atoms with Gasteiger partial charge in [-0.3, -0.25) is 14.4 Å². The predicted molar refractivity (Wildman–Crippen MR) is 195 cm³/mol. The zero-order valence-corrected chi connectivity index (χ0v) is 30.2. The van der Waals surface area contributed by atoms with E-state index in [1.54, 1.807) is 32.1 Å². The van der Waals surface area contributed by atoms with Gasteiger partial charge in [-0.15, -0.1) is 11.3 Å². The molecule has 2 saturated heterocycles. The number of pyridine rings is 1. The fourth-order valence-electron chi connectivity index (χ4n) is 6.52. The van der Waals surface area contributed by atoms with Crippen LogP contribution in [0.15, 0.2) is 42.6 Å². The number of nitrogens with one attached hydrogen (secondary N) is 1. The van der Waals surface area contributed by atoms with E-state index in [0.717, 1.165) is 98.8 Å². The second kappa shape index (κ2) is 14.2. The average Bonchev–Trinajstić information content (AvgIpc) is 3.57. The molecule has 0 aliphatic carbocycles. The van der Waals surface area contributed by atoms with Crippen molar-refractivity contribution in [1.29, 1.82) is 0 Å². The van der Waals surface area contributed by atoms with Crippen LogP contribution in [0.25, 0.3) is 42.9 Å². The van der Waals surface area contributed by atoms with Crippen molar-refractivity contribution in [3.8, 4) is 21.7 Å². The Bertz CT molecular complexity index is 1910. The molecule has 2 fully saturated rings. The third kappa shape index (κ3) is 7.58. The highest BCUT2D eigenvalue weighted by Gasteiger charge is 2.31. The second-order valence-corrected chi connectivity index (χ2v) is 15.2. The lowest BCUT2D eigenvalue weighted by Gasteiger charge is -2.42. The van der Waals surface area contributed by atoms with E-state index < -0.39 is 5.60 Å². The van der Waals surface area contributed by atoms with Gasteiger partial charge < -0.3 is 15.2 Å². The number of piperidine rings is 1. The Labute approximate surface area is 291 Å². The zero-order chi connectivity index (χ0) is 34.2. The van der Waals surface area contributed by atoms with Crippen molar-refractivity contribution < 1.29 is 14.6 Å². The van der Waals surface area contributed by atoms with Crippen LogP contribution in [0.5, 0.6) is 0 Å². The van der Waals surface area contributed by atoms with Crippen LogP contribution in [0.3, 0.4) is 0 Å². The predicted octanol–water partition coefficient (Wildman–Crippen LogP) is 6.91. The molecule has 9 nitrogen and oxygen atoms in total. The summed E-state index contributed by atoms with van der Waals surface area (Å²) in [5.41, 5.74) is 7.40. The number of likely N-dealkylation sites (tertiary alicyclic amines) is 1. The molecule has 0 bridgehead atoms. The maximum absolute atomic E-state index is 12.6. The molecule has 2 aromatic carbocycles. The number of benzene rings is 2. The summed E-state index contributed by atoms with van der Waals surface area (Å²) in [7, 11) is 1.98. The first kappa shape index (κ1) is 34.5. The number of aryl methyl sites for hydroxylation is 2. The molecule has 5 heterocycles. The summed E-state index contributed by atoms with van der Waals surface area (Å²) in [6.07, 6.45) is 4.33. The van der Waals surface area contributed by atoms with Crippen LogP contribution < -0.4 is 5.32 Å². The molecule has 2 aliphatic heterocycles. The van der Waals surface area contributed by atoms with Crippen LogP contribution in [0.4, 0.5) is 0 Å². The Balaban J connectivity index is 0.000000749. The average molecular weight is 689 g/mol. The molecule has 0 atom stereocenters. The van der Waals surface area contributed by atoms with Crippen molar-refractivity contribution in [3.05, 3.63) is 64.4 Å². The topological polar surface area (TPSA) is 105 Å². The Kier molecular flexibility index (Phi) is 10.2. The van der Waals surface area contributed by atoms with Crippen molar-refractivity contribution in [1.82, 2.24) is 30.0 Å². The van der Waals surface area contributed by atoms with Gasteiger partial charge in [-0.2, -0.15) is 5.10 Å². The van der Waals surface area contributed by atoms with Gasteiger partial charge in [0.1, 0.15) is 5.01 Å². The van der Waals surface area contributed by atoms with Crippen LogP contribution in [0.1, 0.15) is 63.3 Å². The molecule has 11 heteroatoms. The zero-order valence-electron chi connectivity index (χ0n) is 28.6. The molecule has 2 N–H and O–H groups in total. The minimum atomic E-state index is -0.500. The molecule has 0 unspecified atom stereocenters. The van der Waals surface area contributed by atoms with Crippen LogP contribution in [-0.4, -0.2) is 80.2 Å². The number of ether oxygens (including phenoxy) is 1. The Morgan fingerprint density at radius 2 is 1.81 bits per heavy atom. The lowest BCUT2D eigenvalue weighted by molar-refractivity contribution is -0.142.